The number of aromatic nitrogens is 1. The summed E-state index contributed by atoms with van der Waals surface area (Å²) in [4.78, 5) is 14.9. The van der Waals surface area contributed by atoms with Gasteiger partial charge in [0.05, 0.1) is 5.52 Å². The molecule has 2 rings (SSSR count). The van der Waals surface area contributed by atoms with E-state index in [-0.39, 0.29) is 7.43 Å². The van der Waals surface area contributed by atoms with Crippen molar-refractivity contribution < 1.29 is 18.1 Å². The number of nitrogens with zero attached hydrogens (tertiary/aromatic N) is 2. The average Bonchev–Trinajstić information content (AvgIpc) is 2.66. The van der Waals surface area contributed by atoms with Crippen molar-refractivity contribution in [3.8, 4) is 0 Å². The minimum Gasteiger partial charge on any atom is -0.382 e. The molecule has 29 heavy (non-hydrogen) atoms. The molecule has 1 aromatic carbocycles. The van der Waals surface area contributed by atoms with Gasteiger partial charge in [0, 0.05) is 28.3 Å². The molecule has 1 aromatic heterocycles. The number of hydrogen-bond donors (Lipinski definition) is 3. The monoisotopic (exact) mass is 447 g/mol. The lowest BCUT2D eigenvalue weighted by Gasteiger charge is -2.20. The number of hydrogen-bond acceptors (Lipinski definition) is 5. The van der Waals surface area contributed by atoms with Gasteiger partial charge in [0.15, 0.2) is 0 Å². The smallest absolute Gasteiger partial charge is 0.299 e. The van der Waals surface area contributed by atoms with Crippen LogP contribution >= 0.6 is 11.6 Å². The summed E-state index contributed by atoms with van der Waals surface area (Å²) in [5.74, 6) is 0. The zero-order valence-electron chi connectivity index (χ0n) is 16.6. The van der Waals surface area contributed by atoms with Gasteiger partial charge in [0.25, 0.3) is 11.4 Å². The van der Waals surface area contributed by atoms with Crippen LogP contribution in [0.25, 0.3) is 10.9 Å². The van der Waals surface area contributed by atoms with Crippen LogP contribution in [-0.4, -0.2) is 55.7 Å². The normalized spacial score (nSPS) is 11.0. The van der Waals surface area contributed by atoms with Crippen molar-refractivity contribution in [1.82, 2.24) is 9.88 Å². The zero-order chi connectivity index (χ0) is 21.5. The van der Waals surface area contributed by atoms with E-state index in [0.717, 1.165) is 41.1 Å². The molecule has 1 heterocycles. The van der Waals surface area contributed by atoms with Gasteiger partial charge in [-0.25, -0.2) is 0 Å². The predicted octanol–water partition coefficient (Wildman–Crippen LogP) is 4.94. The summed E-state index contributed by atoms with van der Waals surface area (Å²) in [5, 5.41) is 5.47. The van der Waals surface area contributed by atoms with E-state index in [1.54, 1.807) is 0 Å². The molecule has 3 N–H and O–H groups in total. The number of nitrogens with one attached hydrogen (secondary N) is 1. The standard InChI is InChI=1S/C18H26ClN3.CH2O.CH4.H2O3S/c1-4-22(5-2)12-6-7-14(3)21-17-10-11-20-18-13-15(19)8-9-16(17)18;1-2;;1-4(2)3/h8-11,13-14H,4-7,12H2,1-3H3,(H,20,21);1H2;1H4;(H2,1,2,3). The van der Waals surface area contributed by atoms with Crippen LogP contribution < -0.4 is 5.32 Å². The number of benzene rings is 1. The van der Waals surface area contributed by atoms with Crippen LogP contribution in [-0.2, 0) is 16.2 Å². The molecule has 7 nitrogen and oxygen atoms in total. The van der Waals surface area contributed by atoms with E-state index in [0.29, 0.717) is 6.04 Å². The molecule has 166 valence electrons. The highest BCUT2D eigenvalue weighted by molar-refractivity contribution is 7.73. The first-order valence-electron chi connectivity index (χ1n) is 8.99. The molecule has 0 spiro atoms. The number of pyridine rings is 1. The predicted molar refractivity (Wildman–Crippen MR) is 124 cm³/mol. The van der Waals surface area contributed by atoms with E-state index in [1.165, 1.54) is 13.0 Å². The molecule has 0 fully saturated rings. The summed E-state index contributed by atoms with van der Waals surface area (Å²) in [6, 6.07) is 8.35. The molecular formula is C20H34ClN3O4S. The Morgan fingerprint density at radius 2 is 1.83 bits per heavy atom. The van der Waals surface area contributed by atoms with E-state index in [1.807, 2.05) is 37.3 Å². The highest BCUT2D eigenvalue weighted by Gasteiger charge is 2.07. The fraction of sp³-hybridized carbons (Fsp3) is 0.500. The summed E-state index contributed by atoms with van der Waals surface area (Å²) in [6.45, 7) is 12.1. The van der Waals surface area contributed by atoms with Crippen molar-refractivity contribution in [3.63, 3.8) is 0 Å². The Hall–Kier alpha value is -1.58. The zero-order valence-corrected chi connectivity index (χ0v) is 18.2. The van der Waals surface area contributed by atoms with Crippen LogP contribution in [0.5, 0.6) is 0 Å². The highest BCUT2D eigenvalue weighted by atomic mass is 35.5. The van der Waals surface area contributed by atoms with Crippen LogP contribution in [0.3, 0.4) is 0 Å². The minimum absolute atomic E-state index is 0. The van der Waals surface area contributed by atoms with Gasteiger partial charge in [-0.1, -0.05) is 32.9 Å². The molecular weight excluding hydrogens is 414 g/mol. The largest absolute Gasteiger partial charge is 0.382 e. The molecule has 9 heteroatoms. The average molecular weight is 448 g/mol. The van der Waals surface area contributed by atoms with Crippen molar-refractivity contribution in [2.75, 3.05) is 25.0 Å². The third kappa shape index (κ3) is 12.6. The quantitative estimate of drug-likeness (QED) is 0.492. The Kier molecular flexibility index (Phi) is 17.7. The SMILES string of the molecule is C.C=O.CCN(CC)CCCC(C)Nc1ccnc2cc(Cl)ccc12.O=S(O)O. The van der Waals surface area contributed by atoms with Crippen LogP contribution in [0.4, 0.5) is 5.69 Å². The summed E-state index contributed by atoms with van der Waals surface area (Å²) < 4.78 is 22.8. The lowest BCUT2D eigenvalue weighted by Crippen LogP contribution is -2.25. The number of rotatable bonds is 8. The molecule has 2 aromatic rings. The number of halogens is 1. The van der Waals surface area contributed by atoms with E-state index in [2.05, 4.69) is 36.0 Å². The number of fused-ring (bicyclic) bond motifs is 1. The van der Waals surface area contributed by atoms with E-state index >= 15 is 0 Å². The molecule has 0 radical (unpaired) electrons. The van der Waals surface area contributed by atoms with Gasteiger partial charge >= 0.3 is 0 Å². The summed E-state index contributed by atoms with van der Waals surface area (Å²) in [5.41, 5.74) is 2.07. The van der Waals surface area contributed by atoms with Crippen molar-refractivity contribution in [3.05, 3.63) is 35.5 Å². The van der Waals surface area contributed by atoms with Crippen molar-refractivity contribution in [2.45, 2.75) is 47.1 Å². The molecule has 1 unspecified atom stereocenters. The first kappa shape index (κ1) is 29.6. The van der Waals surface area contributed by atoms with E-state index < -0.39 is 11.4 Å². The topological polar surface area (TPSA) is 103 Å². The maximum Gasteiger partial charge on any atom is 0.299 e. The van der Waals surface area contributed by atoms with Gasteiger partial charge in [-0.3, -0.25) is 14.1 Å². The van der Waals surface area contributed by atoms with Crippen LogP contribution in [0, 0.1) is 0 Å². The Bertz CT molecular complexity index is 713. The number of carbonyl (C=O) groups excluding carboxylic acids is 1. The summed E-state index contributed by atoms with van der Waals surface area (Å²) >= 11 is 3.43. The number of carbonyl (C=O) groups is 1. The minimum atomic E-state index is -2.61. The van der Waals surface area contributed by atoms with Crippen LogP contribution in [0.15, 0.2) is 30.5 Å². The van der Waals surface area contributed by atoms with Gasteiger partial charge in [-0.2, -0.15) is 4.21 Å². The second kappa shape index (κ2) is 17.3. The van der Waals surface area contributed by atoms with Crippen LogP contribution in [0.1, 0.15) is 41.0 Å². The van der Waals surface area contributed by atoms with Crippen LogP contribution in [0.2, 0.25) is 5.02 Å². The molecule has 1 atom stereocenters. The molecule has 0 aliphatic rings. The first-order chi connectivity index (χ1) is 13.4. The van der Waals surface area contributed by atoms with Gasteiger partial charge in [0.1, 0.15) is 6.79 Å². The van der Waals surface area contributed by atoms with Crippen molar-refractivity contribution >= 4 is 46.3 Å². The fourth-order valence-corrected chi connectivity index (χ4v) is 2.91. The maximum absolute atomic E-state index is 8.67. The van der Waals surface area contributed by atoms with Gasteiger partial charge in [-0.05, 0) is 63.7 Å². The lowest BCUT2D eigenvalue weighted by atomic mass is 10.1. The third-order valence-electron chi connectivity index (χ3n) is 4.11. The molecule has 0 bridgehead atoms. The second-order valence-electron chi connectivity index (χ2n) is 5.97. The molecule has 0 aliphatic carbocycles. The summed E-state index contributed by atoms with van der Waals surface area (Å²) in [6.07, 6.45) is 4.21. The summed E-state index contributed by atoms with van der Waals surface area (Å²) in [7, 11) is 0. The molecule has 0 saturated carbocycles. The molecule has 0 aliphatic heterocycles. The lowest BCUT2D eigenvalue weighted by molar-refractivity contribution is -0.0980. The van der Waals surface area contributed by atoms with Gasteiger partial charge in [-0.15, -0.1) is 0 Å². The van der Waals surface area contributed by atoms with E-state index in [9.17, 15) is 0 Å². The van der Waals surface area contributed by atoms with Crippen molar-refractivity contribution in [1.29, 1.82) is 0 Å². The Labute approximate surface area is 182 Å². The Morgan fingerprint density at radius 3 is 2.38 bits per heavy atom. The maximum atomic E-state index is 8.67. The second-order valence-corrected chi connectivity index (χ2v) is 6.86. The number of anilines is 1. The molecule has 0 amide bonds. The van der Waals surface area contributed by atoms with Crippen molar-refractivity contribution in [2.24, 2.45) is 0 Å². The van der Waals surface area contributed by atoms with E-state index in [4.69, 9.17) is 29.7 Å². The highest BCUT2D eigenvalue weighted by Crippen LogP contribution is 2.25. The fourth-order valence-electron chi connectivity index (χ4n) is 2.75. The first-order valence-corrected chi connectivity index (χ1v) is 10.4. The van der Waals surface area contributed by atoms with Gasteiger partial charge < -0.3 is 15.0 Å². The third-order valence-corrected chi connectivity index (χ3v) is 4.35. The Balaban J connectivity index is 0. The van der Waals surface area contributed by atoms with Gasteiger partial charge in [0.2, 0.25) is 0 Å². The molecule has 0 saturated heterocycles. The Morgan fingerprint density at radius 1 is 1.24 bits per heavy atom.